The standard InChI is InChI=1S/C28H33N3O4/c1-35-24-14-8-11-22(17-24)19-29-20-26(32)25(18-21-9-4-2-5-10-21)31-27(33)15-16-30-28(34)23-12-6-3-7-13-23/h2-14,17,25-26,29,32H,15-16,18-20H2,1H3,(H,30,34)(H,31,33). The molecule has 3 aromatic carbocycles. The topological polar surface area (TPSA) is 99.7 Å². The number of nitrogens with one attached hydrogen (secondary N) is 3. The summed E-state index contributed by atoms with van der Waals surface area (Å²) >= 11 is 0. The molecule has 35 heavy (non-hydrogen) atoms. The quantitative estimate of drug-likeness (QED) is 0.305. The average Bonchev–Trinajstić information content (AvgIpc) is 2.89. The van der Waals surface area contributed by atoms with E-state index >= 15 is 0 Å². The molecule has 184 valence electrons. The number of aliphatic hydroxyl groups excluding tert-OH is 1. The maximum absolute atomic E-state index is 12.6. The van der Waals surface area contributed by atoms with Crippen molar-refractivity contribution in [3.8, 4) is 5.75 Å². The van der Waals surface area contributed by atoms with Gasteiger partial charge in [-0.15, -0.1) is 0 Å². The van der Waals surface area contributed by atoms with Gasteiger partial charge in [-0.05, 0) is 41.8 Å². The highest BCUT2D eigenvalue weighted by Crippen LogP contribution is 2.12. The molecule has 0 saturated carbocycles. The normalized spacial score (nSPS) is 12.4. The Morgan fingerprint density at radius 1 is 0.914 bits per heavy atom. The zero-order chi connectivity index (χ0) is 24.9. The second-order valence-electron chi connectivity index (χ2n) is 8.29. The lowest BCUT2D eigenvalue weighted by atomic mass is 10.0. The fraction of sp³-hybridized carbons (Fsp3) is 0.286. The number of amides is 2. The molecule has 0 saturated heterocycles. The molecule has 2 atom stereocenters. The molecular formula is C28H33N3O4. The molecule has 3 rings (SSSR count). The molecule has 2 unspecified atom stereocenters. The van der Waals surface area contributed by atoms with Gasteiger partial charge in [-0.2, -0.15) is 0 Å². The van der Waals surface area contributed by atoms with Crippen molar-refractivity contribution in [3.05, 3.63) is 102 Å². The Morgan fingerprint density at radius 3 is 2.31 bits per heavy atom. The molecule has 0 bridgehead atoms. The fourth-order valence-corrected chi connectivity index (χ4v) is 3.70. The van der Waals surface area contributed by atoms with Crippen LogP contribution in [-0.4, -0.2) is 49.3 Å². The Kier molecular flexibility index (Phi) is 10.3. The van der Waals surface area contributed by atoms with Crippen LogP contribution in [-0.2, 0) is 17.8 Å². The molecule has 0 heterocycles. The van der Waals surface area contributed by atoms with Crippen molar-refractivity contribution in [2.75, 3.05) is 20.2 Å². The maximum atomic E-state index is 12.6. The predicted octanol–water partition coefficient (Wildman–Crippen LogP) is 2.69. The summed E-state index contributed by atoms with van der Waals surface area (Å²) in [7, 11) is 1.63. The summed E-state index contributed by atoms with van der Waals surface area (Å²) in [6, 6.07) is 25.8. The van der Waals surface area contributed by atoms with E-state index in [-0.39, 0.29) is 24.8 Å². The van der Waals surface area contributed by atoms with Crippen LogP contribution >= 0.6 is 0 Å². The van der Waals surface area contributed by atoms with Crippen molar-refractivity contribution in [2.24, 2.45) is 0 Å². The van der Waals surface area contributed by atoms with E-state index in [1.165, 1.54) is 0 Å². The Bertz CT molecular complexity index is 1060. The lowest BCUT2D eigenvalue weighted by Gasteiger charge is -2.25. The Labute approximate surface area is 206 Å². The van der Waals surface area contributed by atoms with Crippen LogP contribution in [0.3, 0.4) is 0 Å². The summed E-state index contributed by atoms with van der Waals surface area (Å²) in [6.07, 6.45) is -0.192. The lowest BCUT2D eigenvalue weighted by molar-refractivity contribution is -0.122. The van der Waals surface area contributed by atoms with Gasteiger partial charge in [0.05, 0.1) is 19.3 Å². The van der Waals surface area contributed by atoms with Crippen LogP contribution in [0, 0.1) is 0 Å². The van der Waals surface area contributed by atoms with Crippen LogP contribution in [0.5, 0.6) is 5.75 Å². The van der Waals surface area contributed by atoms with Gasteiger partial charge in [0.1, 0.15) is 5.75 Å². The largest absolute Gasteiger partial charge is 0.497 e. The summed E-state index contributed by atoms with van der Waals surface area (Å²) < 4.78 is 5.25. The van der Waals surface area contributed by atoms with Gasteiger partial charge in [0.15, 0.2) is 0 Å². The minimum atomic E-state index is -0.802. The molecule has 7 heteroatoms. The summed E-state index contributed by atoms with van der Waals surface area (Å²) in [5.74, 6) is 0.325. The zero-order valence-electron chi connectivity index (χ0n) is 19.9. The third kappa shape index (κ3) is 8.88. The summed E-state index contributed by atoms with van der Waals surface area (Å²) in [5.41, 5.74) is 2.60. The van der Waals surface area contributed by atoms with Crippen LogP contribution < -0.4 is 20.7 Å². The van der Waals surface area contributed by atoms with Crippen molar-refractivity contribution in [3.63, 3.8) is 0 Å². The fourth-order valence-electron chi connectivity index (χ4n) is 3.70. The average molecular weight is 476 g/mol. The minimum absolute atomic E-state index is 0.119. The van der Waals surface area contributed by atoms with Gasteiger partial charge in [-0.3, -0.25) is 9.59 Å². The van der Waals surface area contributed by atoms with E-state index in [0.29, 0.717) is 25.1 Å². The second-order valence-corrected chi connectivity index (χ2v) is 8.29. The highest BCUT2D eigenvalue weighted by atomic mass is 16.5. The van der Waals surface area contributed by atoms with Gasteiger partial charge in [0.25, 0.3) is 5.91 Å². The molecule has 0 aliphatic carbocycles. The Hall–Kier alpha value is -3.68. The Morgan fingerprint density at radius 2 is 1.60 bits per heavy atom. The second kappa shape index (κ2) is 13.9. The van der Waals surface area contributed by atoms with Gasteiger partial charge in [0.2, 0.25) is 5.91 Å². The van der Waals surface area contributed by atoms with E-state index in [4.69, 9.17) is 4.74 Å². The Balaban J connectivity index is 1.52. The molecule has 0 spiro atoms. The molecule has 4 N–H and O–H groups in total. The number of ether oxygens (including phenoxy) is 1. The first-order chi connectivity index (χ1) is 17.0. The van der Waals surface area contributed by atoms with Crippen LogP contribution in [0.4, 0.5) is 0 Å². The van der Waals surface area contributed by atoms with Gasteiger partial charge < -0.3 is 25.8 Å². The number of carbonyl (C=O) groups is 2. The van der Waals surface area contributed by atoms with Crippen molar-refractivity contribution in [1.82, 2.24) is 16.0 Å². The minimum Gasteiger partial charge on any atom is -0.497 e. The molecule has 0 aliphatic rings. The molecule has 0 fully saturated rings. The van der Waals surface area contributed by atoms with E-state index in [2.05, 4.69) is 16.0 Å². The summed E-state index contributed by atoms with van der Waals surface area (Å²) in [5, 5.41) is 19.8. The van der Waals surface area contributed by atoms with Gasteiger partial charge in [-0.1, -0.05) is 60.7 Å². The van der Waals surface area contributed by atoms with Gasteiger partial charge >= 0.3 is 0 Å². The summed E-state index contributed by atoms with van der Waals surface area (Å²) in [4.78, 5) is 24.8. The first-order valence-electron chi connectivity index (χ1n) is 11.7. The van der Waals surface area contributed by atoms with Crippen LogP contribution in [0.2, 0.25) is 0 Å². The number of hydrogen-bond donors (Lipinski definition) is 4. The number of carbonyl (C=O) groups excluding carboxylic acids is 2. The highest BCUT2D eigenvalue weighted by molar-refractivity contribution is 5.94. The van der Waals surface area contributed by atoms with Crippen LogP contribution in [0.15, 0.2) is 84.9 Å². The molecule has 0 aromatic heterocycles. The van der Waals surface area contributed by atoms with E-state index in [0.717, 1.165) is 16.9 Å². The predicted molar refractivity (Wildman–Crippen MR) is 136 cm³/mol. The van der Waals surface area contributed by atoms with E-state index < -0.39 is 12.1 Å². The molecule has 0 radical (unpaired) electrons. The lowest BCUT2D eigenvalue weighted by Crippen LogP contribution is -2.49. The van der Waals surface area contributed by atoms with Crippen LogP contribution in [0.1, 0.15) is 27.9 Å². The molecule has 0 aliphatic heterocycles. The van der Waals surface area contributed by atoms with Crippen molar-refractivity contribution < 1.29 is 19.4 Å². The summed E-state index contributed by atoms with van der Waals surface area (Å²) in [6.45, 7) is 1.08. The first kappa shape index (κ1) is 25.9. The van der Waals surface area contributed by atoms with Gasteiger partial charge in [-0.25, -0.2) is 0 Å². The number of methoxy groups -OCH3 is 1. The third-order valence-corrected chi connectivity index (χ3v) is 5.60. The molecule has 3 aromatic rings. The number of benzene rings is 3. The van der Waals surface area contributed by atoms with E-state index in [9.17, 15) is 14.7 Å². The monoisotopic (exact) mass is 475 g/mol. The highest BCUT2D eigenvalue weighted by Gasteiger charge is 2.21. The third-order valence-electron chi connectivity index (χ3n) is 5.60. The molecule has 2 amide bonds. The molecule has 7 nitrogen and oxygen atoms in total. The van der Waals surface area contributed by atoms with Gasteiger partial charge in [0, 0.05) is 31.6 Å². The van der Waals surface area contributed by atoms with E-state index in [1.54, 1.807) is 31.4 Å². The zero-order valence-corrected chi connectivity index (χ0v) is 19.9. The number of aliphatic hydroxyl groups is 1. The smallest absolute Gasteiger partial charge is 0.251 e. The SMILES string of the molecule is COc1cccc(CNCC(O)C(Cc2ccccc2)NC(=O)CCNC(=O)c2ccccc2)c1. The van der Waals surface area contributed by atoms with Crippen molar-refractivity contribution >= 4 is 11.8 Å². The maximum Gasteiger partial charge on any atom is 0.251 e. The van der Waals surface area contributed by atoms with Crippen LogP contribution in [0.25, 0.3) is 0 Å². The van der Waals surface area contributed by atoms with Crippen molar-refractivity contribution in [2.45, 2.75) is 31.5 Å². The van der Waals surface area contributed by atoms with Crippen molar-refractivity contribution in [1.29, 1.82) is 0 Å². The number of rotatable bonds is 13. The first-order valence-corrected chi connectivity index (χ1v) is 11.7. The number of hydrogen-bond acceptors (Lipinski definition) is 5. The molecular weight excluding hydrogens is 442 g/mol. The van der Waals surface area contributed by atoms with E-state index in [1.807, 2.05) is 60.7 Å².